The number of carbonyl (C=O) groups is 10. The second kappa shape index (κ2) is 29.5. The molecule has 26 nitrogen and oxygen atoms in total. The number of nitrogens with one attached hydrogen (secondary N) is 4. The number of likely N-dealkylation sites (N-methyl/N-ethyl adjacent to an activating group) is 4. The highest BCUT2D eigenvalue weighted by molar-refractivity contribution is 6.02. The third-order valence-corrected chi connectivity index (χ3v) is 16.1. The molecule has 3 saturated heterocycles. The smallest absolute Gasteiger partial charge is 0.274 e. The number of fused-ring (bicyclic) bond motifs is 4. The Morgan fingerprint density at radius 3 is 1.29 bits per heavy atom. The van der Waals surface area contributed by atoms with Crippen molar-refractivity contribution in [2.45, 2.75) is 102 Å². The van der Waals surface area contributed by atoms with E-state index in [1.165, 1.54) is 59.9 Å². The summed E-state index contributed by atoms with van der Waals surface area (Å²) in [6.45, 7) is 4.34. The van der Waals surface area contributed by atoms with Crippen molar-refractivity contribution in [1.29, 1.82) is 0 Å². The number of pyridine rings is 2. The van der Waals surface area contributed by atoms with Crippen LogP contribution >= 0.6 is 0 Å². The summed E-state index contributed by atoms with van der Waals surface area (Å²) in [5.41, 5.74) is 0.0638. The Balaban J connectivity index is 1.15. The SMILES string of the molecule is CC(C)[C@H]1COC[C@@H](NC(=O)c2nc3ccccc3cc2O)C(=O)N2CCCC[C@H]2C(=O)NCC(=O)N(C)CC(=O)N(C)[C@@H](C(C)C)COC[C@@H](NC(=O)c2nc3ccccc3cc2O)C(=O)N2CCCC[C@H]2C(=O)NCC(=O)N(C)CC(=O)N1C. The van der Waals surface area contributed by atoms with E-state index in [0.29, 0.717) is 47.5 Å². The molecule has 5 heterocycles. The Hall–Kier alpha value is -8.52. The van der Waals surface area contributed by atoms with Crippen LogP contribution in [0, 0.1) is 11.8 Å². The van der Waals surface area contributed by atoms with Crippen LogP contribution in [0.1, 0.15) is 87.2 Å². The number of aromatic nitrogens is 2. The van der Waals surface area contributed by atoms with E-state index in [9.17, 15) is 58.2 Å². The highest BCUT2D eigenvalue weighted by Crippen LogP contribution is 2.26. The maximum absolute atomic E-state index is 14.8. The summed E-state index contributed by atoms with van der Waals surface area (Å²) < 4.78 is 12.4. The molecule has 86 heavy (non-hydrogen) atoms. The van der Waals surface area contributed by atoms with Crippen molar-refractivity contribution in [3.8, 4) is 11.5 Å². The number of piperidine rings is 2. The molecule has 3 aliphatic rings. The molecule has 0 unspecified atom stereocenters. The van der Waals surface area contributed by atoms with Gasteiger partial charge in [0.15, 0.2) is 11.4 Å². The van der Waals surface area contributed by atoms with Crippen LogP contribution in [-0.2, 0) is 47.8 Å². The second-order valence-electron chi connectivity index (χ2n) is 22.9. The summed E-state index contributed by atoms with van der Waals surface area (Å²) in [6.07, 6.45) is 2.49. The molecule has 0 radical (unpaired) electrons. The predicted molar refractivity (Wildman–Crippen MR) is 314 cm³/mol. The van der Waals surface area contributed by atoms with Crippen molar-refractivity contribution in [2.24, 2.45) is 11.8 Å². The van der Waals surface area contributed by atoms with Gasteiger partial charge in [-0.2, -0.15) is 0 Å². The summed E-state index contributed by atoms with van der Waals surface area (Å²) in [6, 6.07) is 9.94. The lowest BCUT2D eigenvalue weighted by atomic mass is 10.00. The number of carbonyl (C=O) groups excluding carboxylic acids is 10. The lowest BCUT2D eigenvalue weighted by Gasteiger charge is -2.37. The third-order valence-electron chi connectivity index (χ3n) is 16.1. The molecular formula is C60H80N12O14. The normalized spacial score (nSPS) is 23.4. The topological polar surface area (TPSA) is 323 Å². The summed E-state index contributed by atoms with van der Waals surface area (Å²) in [5.74, 6) is -8.24. The molecule has 6 N–H and O–H groups in total. The predicted octanol–water partition coefficient (Wildman–Crippen LogP) is 1.02. The van der Waals surface area contributed by atoms with Gasteiger partial charge in [0, 0.05) is 52.1 Å². The summed E-state index contributed by atoms with van der Waals surface area (Å²) >= 11 is 0. The van der Waals surface area contributed by atoms with Crippen molar-refractivity contribution >= 4 is 80.9 Å². The molecule has 2 aromatic heterocycles. The van der Waals surface area contributed by atoms with E-state index >= 15 is 0 Å². The average Bonchev–Trinajstić information content (AvgIpc) is 1.48. The van der Waals surface area contributed by atoms with E-state index < -0.39 is 146 Å². The lowest BCUT2D eigenvalue weighted by Crippen LogP contribution is -2.59. The van der Waals surface area contributed by atoms with Crippen LogP contribution in [0.25, 0.3) is 21.8 Å². The molecule has 3 aliphatic heterocycles. The van der Waals surface area contributed by atoms with E-state index in [-0.39, 0.29) is 62.4 Å². The minimum Gasteiger partial charge on any atom is -0.505 e. The Kier molecular flexibility index (Phi) is 22.3. The van der Waals surface area contributed by atoms with Gasteiger partial charge in [-0.05, 0) is 74.6 Å². The van der Waals surface area contributed by atoms with Crippen LogP contribution in [-0.4, -0.2) is 239 Å². The molecule has 0 spiro atoms. The number of para-hydroxylation sites is 2. The first-order chi connectivity index (χ1) is 40.9. The van der Waals surface area contributed by atoms with E-state index in [1.807, 2.05) is 27.7 Å². The summed E-state index contributed by atoms with van der Waals surface area (Å²) in [7, 11) is 5.83. The lowest BCUT2D eigenvalue weighted by molar-refractivity contribution is -0.147. The highest BCUT2D eigenvalue weighted by Gasteiger charge is 2.40. The van der Waals surface area contributed by atoms with Crippen molar-refractivity contribution in [3.63, 3.8) is 0 Å². The molecule has 464 valence electrons. The molecule has 3 fully saturated rings. The van der Waals surface area contributed by atoms with Gasteiger partial charge in [0.1, 0.15) is 35.7 Å². The van der Waals surface area contributed by atoms with Gasteiger partial charge in [-0.3, -0.25) is 47.9 Å². The Morgan fingerprint density at radius 1 is 0.547 bits per heavy atom. The molecule has 7 rings (SSSR count). The standard InChI is InChI=1S/C60H80N12O14/c1-35(2)45-33-85-31-41(65-57(81)53-47(73)25-37-17-9-11-19-39(37)63-53)59(83)71-23-15-13-21-43(71)55(79)62-28-50(76)68(6)30-52(78)70(8)46(36(3)4)34-86-32-42(66-58(82)54-48(74)26-38-18-10-12-20-40(38)64-54)60(84)72-24-16-14-22-44(72)56(80)61-27-49(75)67(5)29-51(77)69(45)7/h9-12,17-20,25-26,35-36,41-46,73-74H,13-16,21-24,27-34H2,1-8H3,(H,61,80)(H,62,79)(H,65,81)(H,66,82)/t41-,42-,43+,44+,45-,46-/m1/s1. The van der Waals surface area contributed by atoms with E-state index in [0.717, 1.165) is 9.80 Å². The third kappa shape index (κ3) is 16.1. The number of ether oxygens (including phenoxy) is 2. The van der Waals surface area contributed by atoms with E-state index in [2.05, 4.69) is 31.2 Å². The van der Waals surface area contributed by atoms with Gasteiger partial charge in [0.2, 0.25) is 47.3 Å². The second-order valence-corrected chi connectivity index (χ2v) is 22.9. The zero-order valence-electron chi connectivity index (χ0n) is 50.1. The maximum atomic E-state index is 14.8. The first-order valence-corrected chi connectivity index (χ1v) is 29.1. The fourth-order valence-corrected chi connectivity index (χ4v) is 10.8. The van der Waals surface area contributed by atoms with Crippen molar-refractivity contribution in [1.82, 2.24) is 60.6 Å². The molecule has 2 aromatic carbocycles. The number of hydrogen-bond acceptors (Lipinski definition) is 16. The molecule has 26 heteroatoms. The van der Waals surface area contributed by atoms with Gasteiger partial charge in [0.05, 0.1) is 75.7 Å². The first-order valence-electron chi connectivity index (χ1n) is 29.1. The molecule has 0 bridgehead atoms. The highest BCUT2D eigenvalue weighted by atomic mass is 16.5. The number of amides is 10. The summed E-state index contributed by atoms with van der Waals surface area (Å²) in [4.78, 5) is 157. The van der Waals surface area contributed by atoms with Gasteiger partial charge in [-0.1, -0.05) is 64.1 Å². The van der Waals surface area contributed by atoms with Crippen molar-refractivity contribution in [2.75, 3.05) is 93.9 Å². The quantitative estimate of drug-likeness (QED) is 0.157. The van der Waals surface area contributed by atoms with Crippen LogP contribution in [0.15, 0.2) is 60.7 Å². The monoisotopic (exact) mass is 1190 g/mol. The molecule has 4 aromatic rings. The fourth-order valence-electron chi connectivity index (χ4n) is 10.8. The van der Waals surface area contributed by atoms with Crippen LogP contribution in [0.5, 0.6) is 11.5 Å². The summed E-state index contributed by atoms with van der Waals surface area (Å²) in [5, 5.41) is 33.6. The van der Waals surface area contributed by atoms with Crippen molar-refractivity contribution in [3.05, 3.63) is 72.1 Å². The number of benzene rings is 2. The zero-order chi connectivity index (χ0) is 62.5. The van der Waals surface area contributed by atoms with Gasteiger partial charge in [0.25, 0.3) is 11.8 Å². The number of rotatable bonds is 6. The van der Waals surface area contributed by atoms with E-state index in [1.54, 1.807) is 48.5 Å². The number of nitrogens with zero attached hydrogens (tertiary/aromatic N) is 8. The molecule has 6 atom stereocenters. The number of hydrogen-bond donors (Lipinski definition) is 6. The van der Waals surface area contributed by atoms with Crippen LogP contribution in [0.2, 0.25) is 0 Å². The Labute approximate surface area is 499 Å². The Morgan fingerprint density at radius 2 is 0.919 bits per heavy atom. The first kappa shape index (κ1) is 65.0. The van der Waals surface area contributed by atoms with Crippen molar-refractivity contribution < 1.29 is 67.6 Å². The minimum atomic E-state index is -1.46. The Bertz CT molecular complexity index is 2970. The average molecular weight is 1190 g/mol. The number of aromatic hydroxyl groups is 2. The van der Waals surface area contributed by atoms with Crippen LogP contribution < -0.4 is 21.3 Å². The fraction of sp³-hybridized carbons (Fsp3) is 0.533. The van der Waals surface area contributed by atoms with Gasteiger partial charge < -0.3 is 70.4 Å². The van der Waals surface area contributed by atoms with Gasteiger partial charge in [-0.25, -0.2) is 9.97 Å². The maximum Gasteiger partial charge on any atom is 0.274 e. The zero-order valence-corrected chi connectivity index (χ0v) is 50.1. The largest absolute Gasteiger partial charge is 0.505 e. The molecule has 10 amide bonds. The van der Waals surface area contributed by atoms with E-state index in [4.69, 9.17) is 9.47 Å². The van der Waals surface area contributed by atoms with Gasteiger partial charge in [-0.15, -0.1) is 0 Å². The van der Waals surface area contributed by atoms with Crippen LogP contribution in [0.3, 0.4) is 0 Å². The minimum absolute atomic E-state index is 0.0952. The molecular weight excluding hydrogens is 1110 g/mol. The molecule has 0 saturated carbocycles. The van der Waals surface area contributed by atoms with Gasteiger partial charge >= 0.3 is 0 Å². The molecule has 0 aliphatic carbocycles. The van der Waals surface area contributed by atoms with Crippen LogP contribution in [0.4, 0.5) is 0 Å².